The van der Waals surface area contributed by atoms with Gasteiger partial charge in [-0.2, -0.15) is 0 Å². The van der Waals surface area contributed by atoms with E-state index >= 15 is 0 Å². The molecule has 1 saturated carbocycles. The van der Waals surface area contributed by atoms with Crippen molar-refractivity contribution in [1.29, 1.82) is 0 Å². The Hall–Kier alpha value is -1.55. The third-order valence-electron chi connectivity index (χ3n) is 3.59. The smallest absolute Gasteiger partial charge is 0.251 e. The number of anilines is 1. The van der Waals surface area contributed by atoms with E-state index in [2.05, 4.69) is 5.32 Å². The molecule has 4 heteroatoms. The fraction of sp³-hybridized carbons (Fsp3) is 0.500. The highest BCUT2D eigenvalue weighted by atomic mass is 16.3. The molecule has 98 valence electrons. The lowest BCUT2D eigenvalue weighted by atomic mass is 10.0. The minimum Gasteiger partial charge on any atom is -0.399 e. The van der Waals surface area contributed by atoms with Gasteiger partial charge in [-0.3, -0.25) is 4.79 Å². The number of nitrogens with two attached hydrogens (primary N) is 1. The predicted octanol–water partition coefficient (Wildman–Crippen LogP) is 1.47. The first-order chi connectivity index (χ1) is 8.54. The second-order valence-electron chi connectivity index (χ2n) is 5.29. The van der Waals surface area contributed by atoms with Crippen LogP contribution in [0.2, 0.25) is 0 Å². The van der Waals surface area contributed by atoms with Crippen molar-refractivity contribution in [2.24, 2.45) is 5.41 Å². The number of aryl methyl sites for hydroxylation is 1. The lowest BCUT2D eigenvalue weighted by Crippen LogP contribution is -2.30. The lowest BCUT2D eigenvalue weighted by Gasteiger charge is -2.14. The maximum Gasteiger partial charge on any atom is 0.251 e. The van der Waals surface area contributed by atoms with Crippen molar-refractivity contribution < 1.29 is 9.90 Å². The minimum atomic E-state index is -0.0883. The molecule has 4 nitrogen and oxygen atoms in total. The summed E-state index contributed by atoms with van der Waals surface area (Å²) >= 11 is 0. The maximum atomic E-state index is 12.0. The van der Waals surface area contributed by atoms with E-state index in [9.17, 15) is 4.79 Å². The van der Waals surface area contributed by atoms with Crippen molar-refractivity contribution >= 4 is 11.6 Å². The van der Waals surface area contributed by atoms with Gasteiger partial charge in [0.05, 0.1) is 0 Å². The summed E-state index contributed by atoms with van der Waals surface area (Å²) in [4.78, 5) is 12.0. The van der Waals surface area contributed by atoms with E-state index in [1.54, 1.807) is 6.07 Å². The number of aliphatic hydroxyl groups is 1. The molecule has 18 heavy (non-hydrogen) atoms. The Labute approximate surface area is 107 Å². The average Bonchev–Trinajstić information content (AvgIpc) is 3.06. The molecule has 1 aliphatic rings. The minimum absolute atomic E-state index is 0.0883. The van der Waals surface area contributed by atoms with Crippen LogP contribution < -0.4 is 11.1 Å². The summed E-state index contributed by atoms with van der Waals surface area (Å²) in [5.74, 6) is -0.0883. The van der Waals surface area contributed by atoms with Gasteiger partial charge in [0.1, 0.15) is 0 Å². The zero-order valence-electron chi connectivity index (χ0n) is 10.7. The van der Waals surface area contributed by atoms with Gasteiger partial charge in [0.2, 0.25) is 0 Å². The molecule has 2 rings (SSSR count). The van der Waals surface area contributed by atoms with Crippen LogP contribution >= 0.6 is 0 Å². The molecule has 1 aromatic carbocycles. The number of hydrogen-bond acceptors (Lipinski definition) is 3. The molecule has 1 amide bonds. The Balaban J connectivity index is 1.95. The molecule has 0 heterocycles. The predicted molar refractivity (Wildman–Crippen MR) is 71.3 cm³/mol. The number of benzene rings is 1. The summed E-state index contributed by atoms with van der Waals surface area (Å²) in [6.07, 6.45) is 2.94. The largest absolute Gasteiger partial charge is 0.399 e. The maximum absolute atomic E-state index is 12.0. The van der Waals surface area contributed by atoms with Gasteiger partial charge in [-0.05, 0) is 55.4 Å². The fourth-order valence-corrected chi connectivity index (χ4v) is 2.24. The number of carbonyl (C=O) groups is 1. The van der Waals surface area contributed by atoms with E-state index in [1.165, 1.54) is 0 Å². The molecule has 0 bridgehead atoms. The van der Waals surface area contributed by atoms with E-state index in [0.29, 0.717) is 17.8 Å². The standard InChI is InChI=1S/C14H20N2O2/c1-10-6-11(8-12(15)7-10)13(18)16-9-14(2-3-14)4-5-17/h6-8,17H,2-5,9,15H2,1H3,(H,16,18). The molecule has 0 atom stereocenters. The van der Waals surface area contributed by atoms with Gasteiger partial charge in [-0.15, -0.1) is 0 Å². The summed E-state index contributed by atoms with van der Waals surface area (Å²) in [5, 5.41) is 11.9. The number of nitrogens with one attached hydrogen (secondary N) is 1. The lowest BCUT2D eigenvalue weighted by molar-refractivity contribution is 0.0941. The van der Waals surface area contributed by atoms with Crippen LogP contribution in [-0.4, -0.2) is 24.2 Å². The summed E-state index contributed by atoms with van der Waals surface area (Å²) in [7, 11) is 0. The molecule has 0 spiro atoms. The number of carbonyl (C=O) groups excluding carboxylic acids is 1. The average molecular weight is 248 g/mol. The zero-order chi connectivity index (χ0) is 13.2. The van der Waals surface area contributed by atoms with Crippen LogP contribution in [0.5, 0.6) is 0 Å². The number of hydrogen-bond donors (Lipinski definition) is 3. The molecule has 0 aliphatic heterocycles. The second kappa shape index (κ2) is 4.98. The molecular weight excluding hydrogens is 228 g/mol. The topological polar surface area (TPSA) is 75.4 Å². The number of rotatable bonds is 5. The molecule has 4 N–H and O–H groups in total. The summed E-state index contributed by atoms with van der Waals surface area (Å²) < 4.78 is 0. The van der Waals surface area contributed by atoms with Crippen LogP contribution in [-0.2, 0) is 0 Å². The van der Waals surface area contributed by atoms with Gasteiger partial charge in [0.25, 0.3) is 5.91 Å². The Morgan fingerprint density at radius 1 is 1.44 bits per heavy atom. The fourth-order valence-electron chi connectivity index (χ4n) is 2.24. The van der Waals surface area contributed by atoms with Crippen LogP contribution in [0.3, 0.4) is 0 Å². The molecular formula is C14H20N2O2. The van der Waals surface area contributed by atoms with E-state index in [4.69, 9.17) is 10.8 Å². The van der Waals surface area contributed by atoms with Crippen LogP contribution in [0.4, 0.5) is 5.69 Å². The van der Waals surface area contributed by atoms with Crippen molar-refractivity contribution in [3.63, 3.8) is 0 Å². The van der Waals surface area contributed by atoms with Gasteiger partial charge in [0, 0.05) is 24.4 Å². The first-order valence-corrected chi connectivity index (χ1v) is 6.31. The van der Waals surface area contributed by atoms with Gasteiger partial charge < -0.3 is 16.2 Å². The van der Waals surface area contributed by atoms with Crippen molar-refractivity contribution in [2.45, 2.75) is 26.2 Å². The van der Waals surface area contributed by atoms with Crippen LogP contribution in [0, 0.1) is 12.3 Å². The van der Waals surface area contributed by atoms with Gasteiger partial charge in [0.15, 0.2) is 0 Å². The Morgan fingerprint density at radius 2 is 2.17 bits per heavy atom. The van der Waals surface area contributed by atoms with Gasteiger partial charge in [-0.25, -0.2) is 0 Å². The van der Waals surface area contributed by atoms with E-state index in [-0.39, 0.29) is 17.9 Å². The van der Waals surface area contributed by atoms with Crippen LogP contribution in [0.15, 0.2) is 18.2 Å². The Bertz CT molecular complexity index is 433. The van der Waals surface area contributed by atoms with E-state index < -0.39 is 0 Å². The van der Waals surface area contributed by atoms with Crippen LogP contribution in [0.25, 0.3) is 0 Å². The Morgan fingerprint density at radius 3 is 2.72 bits per heavy atom. The first-order valence-electron chi connectivity index (χ1n) is 6.31. The molecule has 0 unspecified atom stereocenters. The van der Waals surface area contributed by atoms with Crippen molar-refractivity contribution in [1.82, 2.24) is 5.32 Å². The normalized spacial score (nSPS) is 16.3. The molecule has 0 saturated heterocycles. The summed E-state index contributed by atoms with van der Waals surface area (Å²) in [6.45, 7) is 2.74. The van der Waals surface area contributed by atoms with Crippen LogP contribution in [0.1, 0.15) is 35.2 Å². The SMILES string of the molecule is Cc1cc(N)cc(C(=O)NCC2(CCO)CC2)c1. The molecule has 0 radical (unpaired) electrons. The van der Waals surface area contributed by atoms with E-state index in [0.717, 1.165) is 24.8 Å². The second-order valence-corrected chi connectivity index (χ2v) is 5.29. The number of amides is 1. The summed E-state index contributed by atoms with van der Waals surface area (Å²) in [5.41, 5.74) is 8.06. The van der Waals surface area contributed by atoms with E-state index in [1.807, 2.05) is 19.1 Å². The van der Waals surface area contributed by atoms with Gasteiger partial charge in [-0.1, -0.05) is 0 Å². The molecule has 1 aromatic rings. The number of nitrogen functional groups attached to an aromatic ring is 1. The highest BCUT2D eigenvalue weighted by Gasteiger charge is 2.41. The quantitative estimate of drug-likeness (QED) is 0.691. The highest BCUT2D eigenvalue weighted by Crippen LogP contribution is 2.47. The van der Waals surface area contributed by atoms with Gasteiger partial charge >= 0.3 is 0 Å². The monoisotopic (exact) mass is 248 g/mol. The Kier molecular flexibility index (Phi) is 3.57. The highest BCUT2D eigenvalue weighted by molar-refractivity contribution is 5.95. The number of aliphatic hydroxyl groups excluding tert-OH is 1. The van der Waals surface area contributed by atoms with Crippen molar-refractivity contribution in [2.75, 3.05) is 18.9 Å². The third kappa shape index (κ3) is 3.01. The van der Waals surface area contributed by atoms with Crippen molar-refractivity contribution in [3.05, 3.63) is 29.3 Å². The molecule has 0 aromatic heterocycles. The third-order valence-corrected chi connectivity index (χ3v) is 3.59. The molecule has 1 aliphatic carbocycles. The zero-order valence-corrected chi connectivity index (χ0v) is 10.7. The molecule has 1 fully saturated rings. The van der Waals surface area contributed by atoms with Crippen molar-refractivity contribution in [3.8, 4) is 0 Å². The summed E-state index contributed by atoms with van der Waals surface area (Å²) in [6, 6.07) is 5.36. The first kappa shape index (κ1) is 12.9.